The number of nitrogens with one attached hydrogen (secondary N) is 2. The van der Waals surface area contributed by atoms with Gasteiger partial charge in [0.2, 0.25) is 0 Å². The molecule has 0 aliphatic carbocycles. The van der Waals surface area contributed by atoms with Crippen molar-refractivity contribution in [1.82, 2.24) is 25.3 Å². The molecule has 10 nitrogen and oxygen atoms in total. The van der Waals surface area contributed by atoms with Crippen LogP contribution in [0.15, 0.2) is 36.7 Å². The van der Waals surface area contributed by atoms with Crippen LogP contribution in [0.3, 0.4) is 0 Å². The minimum absolute atomic E-state index is 0.141. The fourth-order valence-corrected chi connectivity index (χ4v) is 3.70. The zero-order chi connectivity index (χ0) is 23.2. The van der Waals surface area contributed by atoms with E-state index in [1.54, 1.807) is 26.6 Å². The summed E-state index contributed by atoms with van der Waals surface area (Å²) < 4.78 is 16.3. The molecule has 0 bridgehead atoms. The van der Waals surface area contributed by atoms with Gasteiger partial charge < -0.3 is 29.4 Å². The number of aromatic nitrogens is 4. The van der Waals surface area contributed by atoms with Crippen molar-refractivity contribution < 1.29 is 19.0 Å². The van der Waals surface area contributed by atoms with E-state index in [-0.39, 0.29) is 5.91 Å². The van der Waals surface area contributed by atoms with Gasteiger partial charge in [0.25, 0.3) is 5.91 Å². The second kappa shape index (κ2) is 10.3. The first kappa shape index (κ1) is 22.5. The highest BCUT2D eigenvalue weighted by Crippen LogP contribution is 2.27. The lowest BCUT2D eigenvalue weighted by Gasteiger charge is -2.33. The molecule has 1 amide bonds. The minimum Gasteiger partial charge on any atom is -0.493 e. The van der Waals surface area contributed by atoms with E-state index in [1.807, 2.05) is 36.1 Å². The Morgan fingerprint density at radius 3 is 2.85 bits per heavy atom. The monoisotopic (exact) mass is 452 g/mol. The number of morpholine rings is 1. The summed E-state index contributed by atoms with van der Waals surface area (Å²) in [7, 11) is 3.21. The number of imidazole rings is 1. The lowest BCUT2D eigenvalue weighted by atomic mass is 10.1. The van der Waals surface area contributed by atoms with Crippen molar-refractivity contribution >= 4 is 11.7 Å². The van der Waals surface area contributed by atoms with Gasteiger partial charge in [0.15, 0.2) is 29.3 Å². The van der Waals surface area contributed by atoms with Crippen LogP contribution in [0.25, 0.3) is 11.6 Å². The molecule has 3 heterocycles. The number of hydrogen-bond acceptors (Lipinski definition) is 8. The Balaban J connectivity index is 1.35. The highest BCUT2D eigenvalue weighted by molar-refractivity contribution is 5.81. The van der Waals surface area contributed by atoms with E-state index in [0.29, 0.717) is 55.8 Å². The summed E-state index contributed by atoms with van der Waals surface area (Å²) >= 11 is 0. The lowest BCUT2D eigenvalue weighted by Crippen LogP contribution is -2.50. The summed E-state index contributed by atoms with van der Waals surface area (Å²) in [5.41, 5.74) is 1.87. The average Bonchev–Trinajstić information content (AvgIpc) is 3.39. The normalized spacial score (nSPS) is 15.8. The molecule has 0 saturated carbocycles. The summed E-state index contributed by atoms with van der Waals surface area (Å²) in [4.78, 5) is 31.2. The van der Waals surface area contributed by atoms with Gasteiger partial charge in [0, 0.05) is 37.2 Å². The molecule has 2 N–H and O–H groups in total. The molecule has 1 aliphatic heterocycles. The number of amides is 1. The summed E-state index contributed by atoms with van der Waals surface area (Å²) in [5.74, 6) is 3.09. The summed E-state index contributed by atoms with van der Waals surface area (Å²) in [6.45, 7) is 3.90. The third-order valence-corrected chi connectivity index (χ3v) is 5.39. The zero-order valence-electron chi connectivity index (χ0n) is 19.0. The van der Waals surface area contributed by atoms with Crippen LogP contribution in [-0.4, -0.2) is 72.4 Å². The van der Waals surface area contributed by atoms with Crippen molar-refractivity contribution in [2.75, 3.05) is 45.4 Å². The van der Waals surface area contributed by atoms with Gasteiger partial charge in [-0.05, 0) is 31.0 Å². The predicted molar refractivity (Wildman–Crippen MR) is 123 cm³/mol. The third kappa shape index (κ3) is 5.40. The molecule has 0 spiro atoms. The summed E-state index contributed by atoms with van der Waals surface area (Å²) in [6.07, 6.45) is 3.49. The fourth-order valence-electron chi connectivity index (χ4n) is 3.70. The molecule has 1 saturated heterocycles. The number of rotatable bonds is 8. The molecular weight excluding hydrogens is 424 g/mol. The van der Waals surface area contributed by atoms with Gasteiger partial charge >= 0.3 is 0 Å². The minimum atomic E-state index is -0.577. The quantitative estimate of drug-likeness (QED) is 0.531. The Hall–Kier alpha value is -3.66. The number of nitrogens with zero attached hydrogens (tertiary/aromatic N) is 4. The Bertz CT molecular complexity index is 1090. The van der Waals surface area contributed by atoms with Gasteiger partial charge in [-0.1, -0.05) is 6.07 Å². The number of hydrogen-bond donors (Lipinski definition) is 2. The van der Waals surface area contributed by atoms with Crippen molar-refractivity contribution in [3.8, 4) is 23.1 Å². The molecule has 4 rings (SSSR count). The van der Waals surface area contributed by atoms with E-state index in [0.717, 1.165) is 17.1 Å². The molecule has 33 heavy (non-hydrogen) atoms. The second-order valence-electron chi connectivity index (χ2n) is 7.66. The highest BCUT2D eigenvalue weighted by Gasteiger charge is 2.27. The number of H-pyrrole nitrogens is 1. The standard InChI is InChI=1S/C23H28N6O4/c1-15-12-20(28-22(27-15)21-24-8-9-25-21)29-10-11-33-19(14-29)23(30)26-7-6-16-4-5-17(31-2)18(13-16)32-3/h4-5,8-9,12-13,19H,6-7,10-11,14H2,1-3H3,(H,24,25)(H,26,30). The Labute approximate surface area is 192 Å². The van der Waals surface area contributed by atoms with Gasteiger partial charge in [0.05, 0.1) is 27.4 Å². The van der Waals surface area contributed by atoms with E-state index < -0.39 is 6.10 Å². The number of ether oxygens (including phenoxy) is 3. The number of benzene rings is 1. The van der Waals surface area contributed by atoms with Crippen LogP contribution in [-0.2, 0) is 16.0 Å². The van der Waals surface area contributed by atoms with Crippen LogP contribution >= 0.6 is 0 Å². The van der Waals surface area contributed by atoms with Crippen LogP contribution < -0.4 is 19.7 Å². The lowest BCUT2D eigenvalue weighted by molar-refractivity contribution is -0.133. The van der Waals surface area contributed by atoms with Crippen LogP contribution in [0.2, 0.25) is 0 Å². The van der Waals surface area contributed by atoms with E-state index in [1.165, 1.54) is 0 Å². The molecular formula is C23H28N6O4. The Morgan fingerprint density at radius 2 is 2.09 bits per heavy atom. The molecule has 3 aromatic rings. The van der Waals surface area contributed by atoms with Crippen LogP contribution in [0, 0.1) is 6.92 Å². The average molecular weight is 453 g/mol. The maximum atomic E-state index is 12.8. The first-order valence-electron chi connectivity index (χ1n) is 10.8. The summed E-state index contributed by atoms with van der Waals surface area (Å²) in [6, 6.07) is 7.64. The van der Waals surface area contributed by atoms with Gasteiger partial charge in [-0.25, -0.2) is 15.0 Å². The molecule has 2 aromatic heterocycles. The second-order valence-corrected chi connectivity index (χ2v) is 7.66. The Morgan fingerprint density at radius 1 is 1.24 bits per heavy atom. The number of carbonyl (C=O) groups excluding carboxylic acids is 1. The van der Waals surface area contributed by atoms with Crippen LogP contribution in [0.4, 0.5) is 5.82 Å². The van der Waals surface area contributed by atoms with Crippen molar-refractivity contribution in [2.24, 2.45) is 0 Å². The Kier molecular flexibility index (Phi) is 7.04. The highest BCUT2D eigenvalue weighted by atomic mass is 16.5. The smallest absolute Gasteiger partial charge is 0.250 e. The first-order chi connectivity index (χ1) is 16.1. The number of aromatic amines is 1. The van der Waals surface area contributed by atoms with E-state index in [4.69, 9.17) is 14.2 Å². The largest absolute Gasteiger partial charge is 0.493 e. The number of anilines is 1. The molecule has 1 atom stereocenters. The topological polar surface area (TPSA) is 114 Å². The van der Waals surface area contributed by atoms with Crippen molar-refractivity contribution in [2.45, 2.75) is 19.4 Å². The van der Waals surface area contributed by atoms with E-state index in [2.05, 4.69) is 25.3 Å². The molecule has 1 aliphatic rings. The fraction of sp³-hybridized carbons (Fsp3) is 0.391. The van der Waals surface area contributed by atoms with Gasteiger partial charge in [-0.15, -0.1) is 0 Å². The molecule has 1 unspecified atom stereocenters. The van der Waals surface area contributed by atoms with E-state index in [9.17, 15) is 4.79 Å². The van der Waals surface area contributed by atoms with Crippen LogP contribution in [0.1, 0.15) is 11.3 Å². The molecule has 174 valence electrons. The summed E-state index contributed by atoms with van der Waals surface area (Å²) in [5, 5.41) is 2.97. The molecule has 10 heteroatoms. The van der Waals surface area contributed by atoms with Gasteiger partial charge in [-0.2, -0.15) is 0 Å². The molecule has 1 fully saturated rings. The van der Waals surface area contributed by atoms with Gasteiger partial charge in [-0.3, -0.25) is 4.79 Å². The maximum absolute atomic E-state index is 12.8. The number of aryl methyl sites for hydroxylation is 1. The molecule has 0 radical (unpaired) electrons. The molecule has 1 aromatic carbocycles. The first-order valence-corrected chi connectivity index (χ1v) is 10.8. The zero-order valence-corrected chi connectivity index (χ0v) is 19.0. The third-order valence-electron chi connectivity index (χ3n) is 5.39. The van der Waals surface area contributed by atoms with Crippen LogP contribution in [0.5, 0.6) is 11.5 Å². The van der Waals surface area contributed by atoms with Gasteiger partial charge in [0.1, 0.15) is 5.82 Å². The SMILES string of the molecule is COc1ccc(CCNC(=O)C2CN(c3cc(C)nc(-c4ncc[nH]4)n3)CCO2)cc1OC. The van der Waals surface area contributed by atoms with Crippen molar-refractivity contribution in [3.63, 3.8) is 0 Å². The predicted octanol–water partition coefficient (Wildman–Crippen LogP) is 1.76. The maximum Gasteiger partial charge on any atom is 0.250 e. The number of carbonyl (C=O) groups is 1. The number of methoxy groups -OCH3 is 2. The van der Waals surface area contributed by atoms with Crippen molar-refractivity contribution in [1.29, 1.82) is 0 Å². The van der Waals surface area contributed by atoms with Crippen molar-refractivity contribution in [3.05, 3.63) is 47.9 Å². The van der Waals surface area contributed by atoms with E-state index >= 15 is 0 Å².